The first-order valence-corrected chi connectivity index (χ1v) is 12.4. The molecule has 1 atom stereocenters. The molecule has 0 heterocycles. The third-order valence-electron chi connectivity index (χ3n) is 5.04. The van der Waals surface area contributed by atoms with Gasteiger partial charge in [0.25, 0.3) is 0 Å². The standard InChI is InChI=1S/C26H52NO2/c1-6-8-10-12-14-16-18-20-22-28-25-26(24-27(3,4)5)29-23-21-19-17-15-13-11-9-7-2/h20-23,26H,6-19,24-25H2,1-5H3/q+1/t26-/m0/s1. The Kier molecular flexibility index (Phi) is 19.6. The van der Waals surface area contributed by atoms with E-state index in [1.165, 1.54) is 77.0 Å². The lowest BCUT2D eigenvalue weighted by Gasteiger charge is -2.28. The number of unbranched alkanes of at least 4 members (excludes halogenated alkanes) is 12. The minimum atomic E-state index is 0.0921. The van der Waals surface area contributed by atoms with E-state index in [0.717, 1.165) is 23.9 Å². The summed E-state index contributed by atoms with van der Waals surface area (Å²) in [6.07, 6.45) is 26.5. The summed E-state index contributed by atoms with van der Waals surface area (Å²) in [6, 6.07) is 0. The topological polar surface area (TPSA) is 18.5 Å². The Bertz CT molecular complexity index is 385. The van der Waals surface area contributed by atoms with Gasteiger partial charge in [-0.2, -0.15) is 0 Å². The van der Waals surface area contributed by atoms with Crippen LogP contribution in [0.25, 0.3) is 0 Å². The minimum Gasteiger partial charge on any atom is -0.497 e. The van der Waals surface area contributed by atoms with Crippen molar-refractivity contribution in [2.24, 2.45) is 0 Å². The molecule has 0 bridgehead atoms. The van der Waals surface area contributed by atoms with Gasteiger partial charge < -0.3 is 14.0 Å². The second-order valence-corrected chi connectivity index (χ2v) is 9.42. The highest BCUT2D eigenvalue weighted by atomic mass is 16.5. The quantitative estimate of drug-likeness (QED) is 0.110. The number of allylic oxidation sites excluding steroid dienone is 2. The first kappa shape index (κ1) is 28.0. The number of rotatable bonds is 21. The van der Waals surface area contributed by atoms with Gasteiger partial charge in [-0.15, -0.1) is 0 Å². The van der Waals surface area contributed by atoms with Crippen LogP contribution in [0.2, 0.25) is 0 Å². The Hall–Kier alpha value is -0.960. The molecule has 0 fully saturated rings. The highest BCUT2D eigenvalue weighted by Crippen LogP contribution is 2.09. The van der Waals surface area contributed by atoms with Crippen LogP contribution in [0.4, 0.5) is 0 Å². The van der Waals surface area contributed by atoms with Gasteiger partial charge in [0.05, 0.1) is 33.7 Å². The van der Waals surface area contributed by atoms with Gasteiger partial charge in [-0.25, -0.2) is 0 Å². The maximum atomic E-state index is 5.99. The Morgan fingerprint density at radius 2 is 1.14 bits per heavy atom. The van der Waals surface area contributed by atoms with Crippen LogP contribution < -0.4 is 0 Å². The van der Waals surface area contributed by atoms with Crippen molar-refractivity contribution in [3.05, 3.63) is 24.7 Å². The second kappa shape index (κ2) is 20.3. The van der Waals surface area contributed by atoms with Crippen LogP contribution in [0.3, 0.4) is 0 Å². The van der Waals surface area contributed by atoms with Crippen molar-refractivity contribution in [1.82, 2.24) is 0 Å². The number of nitrogens with zero attached hydrogens (tertiary/aromatic N) is 1. The Morgan fingerprint density at radius 1 is 0.655 bits per heavy atom. The number of quaternary nitrogens is 1. The molecular formula is C26H52NO2+. The lowest BCUT2D eigenvalue weighted by Crippen LogP contribution is -2.43. The van der Waals surface area contributed by atoms with E-state index in [1.54, 1.807) is 0 Å². The fourth-order valence-electron chi connectivity index (χ4n) is 3.36. The molecule has 0 saturated heterocycles. The second-order valence-electron chi connectivity index (χ2n) is 9.42. The summed E-state index contributed by atoms with van der Waals surface area (Å²) in [5.74, 6) is 0. The van der Waals surface area contributed by atoms with Crippen molar-refractivity contribution in [2.75, 3.05) is 34.3 Å². The van der Waals surface area contributed by atoms with Gasteiger partial charge in [-0.05, 0) is 37.8 Å². The number of likely N-dealkylation sites (N-methyl/N-ethyl adjacent to an activating group) is 1. The Morgan fingerprint density at radius 3 is 1.66 bits per heavy atom. The summed E-state index contributed by atoms with van der Waals surface area (Å²) in [4.78, 5) is 0. The van der Waals surface area contributed by atoms with Crippen LogP contribution in [0.5, 0.6) is 0 Å². The van der Waals surface area contributed by atoms with Gasteiger partial charge in [0, 0.05) is 0 Å². The maximum absolute atomic E-state index is 5.99. The molecule has 3 nitrogen and oxygen atoms in total. The van der Waals surface area contributed by atoms with Gasteiger partial charge in [-0.3, -0.25) is 0 Å². The highest BCUT2D eigenvalue weighted by molar-refractivity contribution is 4.77. The lowest BCUT2D eigenvalue weighted by molar-refractivity contribution is -0.873. The molecule has 0 aliphatic rings. The molecule has 0 aromatic carbocycles. The summed E-state index contributed by atoms with van der Waals surface area (Å²) in [7, 11) is 6.60. The molecule has 29 heavy (non-hydrogen) atoms. The fraction of sp³-hybridized carbons (Fsp3) is 0.846. The first-order chi connectivity index (χ1) is 14.0. The molecule has 0 radical (unpaired) electrons. The molecule has 0 N–H and O–H groups in total. The van der Waals surface area contributed by atoms with Crippen molar-refractivity contribution in [3.63, 3.8) is 0 Å². The monoisotopic (exact) mass is 410 g/mol. The Labute approximate surface area is 183 Å². The van der Waals surface area contributed by atoms with E-state index in [2.05, 4.69) is 47.1 Å². The summed E-state index contributed by atoms with van der Waals surface area (Å²) < 4.78 is 12.6. The fourth-order valence-corrected chi connectivity index (χ4v) is 3.36. The lowest BCUT2D eigenvalue weighted by atomic mass is 10.1. The minimum absolute atomic E-state index is 0.0921. The zero-order valence-corrected chi connectivity index (χ0v) is 20.5. The summed E-state index contributed by atoms with van der Waals surface area (Å²) in [6.45, 7) is 6.08. The molecule has 0 aliphatic heterocycles. The predicted octanol–water partition coefficient (Wildman–Crippen LogP) is 7.62. The van der Waals surface area contributed by atoms with Crippen LogP contribution in [-0.2, 0) is 9.47 Å². The SMILES string of the molecule is CCCCCCCCC=COC[C@H](C[N+](C)(C)C)OC=CCCCCCCCC. The average Bonchev–Trinajstić information content (AvgIpc) is 2.66. The number of hydrogen-bond donors (Lipinski definition) is 0. The van der Waals surface area contributed by atoms with Crippen LogP contribution >= 0.6 is 0 Å². The molecule has 3 heteroatoms. The van der Waals surface area contributed by atoms with Crippen LogP contribution in [0.1, 0.15) is 104 Å². The molecule has 0 rings (SSSR count). The molecule has 0 saturated carbocycles. The average molecular weight is 411 g/mol. The van der Waals surface area contributed by atoms with Crippen LogP contribution in [-0.4, -0.2) is 44.9 Å². The largest absolute Gasteiger partial charge is 0.497 e. The van der Waals surface area contributed by atoms with E-state index < -0.39 is 0 Å². The van der Waals surface area contributed by atoms with E-state index in [9.17, 15) is 0 Å². The van der Waals surface area contributed by atoms with Gasteiger partial charge in [0.2, 0.25) is 0 Å². The third kappa shape index (κ3) is 23.2. The van der Waals surface area contributed by atoms with Gasteiger partial charge in [0.1, 0.15) is 13.2 Å². The third-order valence-corrected chi connectivity index (χ3v) is 5.04. The first-order valence-electron chi connectivity index (χ1n) is 12.4. The molecule has 0 aliphatic carbocycles. The normalized spacial score (nSPS) is 13.4. The number of ether oxygens (including phenoxy) is 2. The molecule has 0 unspecified atom stereocenters. The molecule has 0 amide bonds. The Balaban J connectivity index is 3.93. The van der Waals surface area contributed by atoms with Gasteiger partial charge in [-0.1, -0.05) is 78.1 Å². The molecule has 0 aromatic rings. The van der Waals surface area contributed by atoms with E-state index in [4.69, 9.17) is 9.47 Å². The van der Waals surface area contributed by atoms with Gasteiger partial charge in [0.15, 0.2) is 6.10 Å². The van der Waals surface area contributed by atoms with E-state index >= 15 is 0 Å². The van der Waals surface area contributed by atoms with Crippen molar-refractivity contribution < 1.29 is 14.0 Å². The molecule has 0 aromatic heterocycles. The summed E-state index contributed by atoms with van der Waals surface area (Å²) in [5, 5.41) is 0. The maximum Gasteiger partial charge on any atom is 0.180 e. The molecule has 172 valence electrons. The number of hydrogen-bond acceptors (Lipinski definition) is 2. The van der Waals surface area contributed by atoms with Crippen LogP contribution in [0, 0.1) is 0 Å². The molecule has 0 spiro atoms. The zero-order chi connectivity index (χ0) is 21.6. The van der Waals surface area contributed by atoms with Crippen LogP contribution in [0.15, 0.2) is 24.7 Å². The van der Waals surface area contributed by atoms with E-state index in [-0.39, 0.29) is 6.10 Å². The van der Waals surface area contributed by atoms with E-state index in [0.29, 0.717) is 6.61 Å². The van der Waals surface area contributed by atoms with Crippen molar-refractivity contribution in [3.8, 4) is 0 Å². The zero-order valence-electron chi connectivity index (χ0n) is 20.5. The predicted molar refractivity (Wildman–Crippen MR) is 128 cm³/mol. The van der Waals surface area contributed by atoms with Gasteiger partial charge >= 0.3 is 0 Å². The molecular weight excluding hydrogens is 358 g/mol. The van der Waals surface area contributed by atoms with Crippen molar-refractivity contribution >= 4 is 0 Å². The van der Waals surface area contributed by atoms with Crippen molar-refractivity contribution in [2.45, 2.75) is 110 Å². The van der Waals surface area contributed by atoms with Crippen molar-refractivity contribution in [1.29, 1.82) is 0 Å². The highest BCUT2D eigenvalue weighted by Gasteiger charge is 2.18. The summed E-state index contributed by atoms with van der Waals surface area (Å²) in [5.41, 5.74) is 0. The van der Waals surface area contributed by atoms with E-state index in [1.807, 2.05) is 12.5 Å². The smallest absolute Gasteiger partial charge is 0.180 e. The summed E-state index contributed by atoms with van der Waals surface area (Å²) >= 11 is 0.